The Morgan fingerprint density at radius 1 is 1.11 bits per heavy atom. The summed E-state index contributed by atoms with van der Waals surface area (Å²) in [5.74, 6) is 0.0431. The summed E-state index contributed by atoms with van der Waals surface area (Å²) in [7, 11) is 0. The second-order valence-corrected chi connectivity index (χ2v) is 7.57. The number of carbonyl (C=O) groups excluding carboxylic acids is 1. The van der Waals surface area contributed by atoms with Crippen molar-refractivity contribution in [2.45, 2.75) is 0 Å². The minimum absolute atomic E-state index is 0.391. The van der Waals surface area contributed by atoms with Crippen molar-refractivity contribution < 1.29 is 9.53 Å². The van der Waals surface area contributed by atoms with E-state index in [1.807, 2.05) is 35.7 Å². The van der Waals surface area contributed by atoms with E-state index < -0.39 is 5.97 Å². The lowest BCUT2D eigenvalue weighted by Crippen LogP contribution is -2.06. The Hall–Kier alpha value is -3.27. The first-order valence-corrected chi connectivity index (χ1v) is 9.76. The van der Waals surface area contributed by atoms with E-state index in [-0.39, 0.29) is 0 Å². The Balaban J connectivity index is 1.62. The number of allylic oxidation sites excluding steroid dienone is 1. The summed E-state index contributed by atoms with van der Waals surface area (Å²) in [6, 6.07) is 20.6. The fraction of sp³-hybridized carbons (Fsp3) is 0. The summed E-state index contributed by atoms with van der Waals surface area (Å²) < 4.78 is 6.45. The van der Waals surface area contributed by atoms with Gasteiger partial charge in [-0.15, -0.1) is 22.7 Å². The highest BCUT2D eigenvalue weighted by atomic mass is 32.1. The third-order valence-corrected chi connectivity index (χ3v) is 5.67. The zero-order valence-corrected chi connectivity index (χ0v) is 15.6. The Morgan fingerprint density at radius 3 is 2.78 bits per heavy atom. The van der Waals surface area contributed by atoms with Gasteiger partial charge in [0.25, 0.3) is 0 Å². The maximum atomic E-state index is 12.1. The number of thiazole rings is 1. The SMILES string of the molecule is N#CC(=Cc1cccc(OC(=O)c2cccs2)c1)c1nc2ccccc2s1. The monoisotopic (exact) mass is 388 g/mol. The Kier molecular flexibility index (Phi) is 4.79. The third-order valence-electron chi connectivity index (χ3n) is 3.75. The van der Waals surface area contributed by atoms with Crippen molar-refractivity contribution in [2.24, 2.45) is 0 Å². The van der Waals surface area contributed by atoms with Gasteiger partial charge in [-0.25, -0.2) is 9.78 Å². The van der Waals surface area contributed by atoms with Gasteiger partial charge in [-0.3, -0.25) is 0 Å². The molecule has 4 aromatic rings. The molecule has 2 aromatic heterocycles. The first-order chi connectivity index (χ1) is 13.2. The number of para-hydroxylation sites is 1. The number of ether oxygens (including phenoxy) is 1. The van der Waals surface area contributed by atoms with E-state index in [1.54, 1.807) is 36.4 Å². The van der Waals surface area contributed by atoms with Gasteiger partial charge in [0.1, 0.15) is 21.7 Å². The third kappa shape index (κ3) is 3.80. The van der Waals surface area contributed by atoms with Gasteiger partial charge in [0.2, 0.25) is 0 Å². The van der Waals surface area contributed by atoms with Gasteiger partial charge in [0.05, 0.1) is 15.8 Å². The van der Waals surface area contributed by atoms with E-state index in [0.29, 0.717) is 21.2 Å². The highest BCUT2D eigenvalue weighted by Crippen LogP contribution is 2.28. The molecule has 0 aliphatic carbocycles. The fourth-order valence-electron chi connectivity index (χ4n) is 2.52. The van der Waals surface area contributed by atoms with E-state index in [0.717, 1.165) is 15.8 Å². The lowest BCUT2D eigenvalue weighted by molar-refractivity contribution is 0.0740. The van der Waals surface area contributed by atoms with Gasteiger partial charge in [-0.2, -0.15) is 5.26 Å². The standard InChI is InChI=1S/C21H12N2O2S2/c22-13-15(20-23-17-7-1-2-8-18(17)27-20)11-14-5-3-6-16(12-14)25-21(24)19-9-4-10-26-19/h1-12H. The molecule has 0 saturated heterocycles. The maximum absolute atomic E-state index is 12.1. The molecule has 0 N–H and O–H groups in total. The van der Waals surface area contributed by atoms with Crippen LogP contribution in [0, 0.1) is 11.3 Å². The quantitative estimate of drug-likeness (QED) is 0.258. The molecule has 2 aromatic carbocycles. The first kappa shape index (κ1) is 17.2. The normalized spacial score (nSPS) is 11.3. The van der Waals surface area contributed by atoms with Crippen LogP contribution in [0.2, 0.25) is 0 Å². The molecular weight excluding hydrogens is 376 g/mol. The number of hydrogen-bond donors (Lipinski definition) is 0. The number of esters is 1. The molecule has 0 aliphatic rings. The minimum atomic E-state index is -0.391. The molecule has 27 heavy (non-hydrogen) atoms. The molecule has 130 valence electrons. The van der Waals surface area contributed by atoms with Crippen molar-refractivity contribution in [1.82, 2.24) is 4.98 Å². The number of rotatable bonds is 4. The molecule has 0 amide bonds. The lowest BCUT2D eigenvalue weighted by Gasteiger charge is -2.04. The number of benzene rings is 2. The molecule has 0 saturated carbocycles. The number of fused-ring (bicyclic) bond motifs is 1. The Labute approximate surface area is 163 Å². The molecule has 0 fully saturated rings. The summed E-state index contributed by atoms with van der Waals surface area (Å²) in [4.78, 5) is 17.2. The van der Waals surface area contributed by atoms with Crippen LogP contribution in [0.25, 0.3) is 21.9 Å². The first-order valence-electron chi connectivity index (χ1n) is 8.06. The number of carbonyl (C=O) groups is 1. The zero-order valence-electron chi connectivity index (χ0n) is 14.0. The van der Waals surface area contributed by atoms with E-state index in [2.05, 4.69) is 11.1 Å². The van der Waals surface area contributed by atoms with Crippen LogP contribution in [-0.4, -0.2) is 11.0 Å². The predicted octanol–water partition coefficient (Wildman–Crippen LogP) is 5.64. The summed E-state index contributed by atoms with van der Waals surface area (Å²) in [6.07, 6.45) is 1.75. The second kappa shape index (κ2) is 7.54. The molecule has 0 unspecified atom stereocenters. The van der Waals surface area contributed by atoms with E-state index >= 15 is 0 Å². The molecular formula is C21H12N2O2S2. The minimum Gasteiger partial charge on any atom is -0.422 e. The van der Waals surface area contributed by atoms with Crippen LogP contribution in [0.5, 0.6) is 5.75 Å². The van der Waals surface area contributed by atoms with Crippen LogP contribution in [0.3, 0.4) is 0 Å². The van der Waals surface area contributed by atoms with Crippen LogP contribution in [0.1, 0.15) is 20.2 Å². The van der Waals surface area contributed by atoms with Gasteiger partial charge >= 0.3 is 5.97 Å². The topological polar surface area (TPSA) is 63.0 Å². The molecule has 0 radical (unpaired) electrons. The Bertz CT molecular complexity index is 1150. The average Bonchev–Trinajstić information content (AvgIpc) is 3.36. The highest BCUT2D eigenvalue weighted by Gasteiger charge is 2.11. The van der Waals surface area contributed by atoms with Gasteiger partial charge in [0, 0.05) is 0 Å². The molecule has 0 atom stereocenters. The molecule has 4 nitrogen and oxygen atoms in total. The van der Waals surface area contributed by atoms with Crippen LogP contribution in [0.4, 0.5) is 0 Å². The molecule has 2 heterocycles. The summed E-state index contributed by atoms with van der Waals surface area (Å²) in [5.41, 5.74) is 2.11. The van der Waals surface area contributed by atoms with E-state index in [4.69, 9.17) is 4.74 Å². The maximum Gasteiger partial charge on any atom is 0.353 e. The molecule has 0 spiro atoms. The van der Waals surface area contributed by atoms with Gasteiger partial charge in [-0.05, 0) is 47.4 Å². The number of aromatic nitrogens is 1. The van der Waals surface area contributed by atoms with E-state index in [9.17, 15) is 10.1 Å². The van der Waals surface area contributed by atoms with Crippen LogP contribution in [0.15, 0.2) is 66.0 Å². The lowest BCUT2D eigenvalue weighted by atomic mass is 10.1. The van der Waals surface area contributed by atoms with Crippen LogP contribution in [-0.2, 0) is 0 Å². The molecule has 6 heteroatoms. The predicted molar refractivity (Wildman–Crippen MR) is 109 cm³/mol. The summed E-state index contributed by atoms with van der Waals surface area (Å²) in [5, 5.41) is 12.1. The van der Waals surface area contributed by atoms with E-state index in [1.165, 1.54) is 22.7 Å². The molecule has 0 bridgehead atoms. The molecule has 0 aliphatic heterocycles. The summed E-state index contributed by atoms with van der Waals surface area (Å²) >= 11 is 2.81. The van der Waals surface area contributed by atoms with Crippen molar-refractivity contribution >= 4 is 50.5 Å². The van der Waals surface area contributed by atoms with Gasteiger partial charge in [0.15, 0.2) is 0 Å². The average molecular weight is 388 g/mol. The smallest absolute Gasteiger partial charge is 0.353 e. The second-order valence-electron chi connectivity index (χ2n) is 5.60. The number of nitrogens with zero attached hydrogens (tertiary/aromatic N) is 2. The van der Waals surface area contributed by atoms with Crippen LogP contribution < -0.4 is 4.74 Å². The van der Waals surface area contributed by atoms with Crippen molar-refractivity contribution in [3.63, 3.8) is 0 Å². The Morgan fingerprint density at radius 2 is 2.00 bits per heavy atom. The fourth-order valence-corrected chi connectivity index (χ4v) is 4.05. The molecule has 4 rings (SSSR count). The summed E-state index contributed by atoms with van der Waals surface area (Å²) in [6.45, 7) is 0. The van der Waals surface area contributed by atoms with Gasteiger partial charge < -0.3 is 4.74 Å². The largest absolute Gasteiger partial charge is 0.422 e. The highest BCUT2D eigenvalue weighted by molar-refractivity contribution is 7.19. The number of nitriles is 1. The van der Waals surface area contributed by atoms with Crippen molar-refractivity contribution in [1.29, 1.82) is 5.26 Å². The van der Waals surface area contributed by atoms with Crippen molar-refractivity contribution in [3.8, 4) is 11.8 Å². The zero-order chi connectivity index (χ0) is 18.6. The van der Waals surface area contributed by atoms with Gasteiger partial charge in [-0.1, -0.05) is 30.3 Å². The van der Waals surface area contributed by atoms with Crippen LogP contribution >= 0.6 is 22.7 Å². The number of hydrogen-bond acceptors (Lipinski definition) is 6. The van der Waals surface area contributed by atoms with Crippen molar-refractivity contribution in [3.05, 3.63) is 81.5 Å². The van der Waals surface area contributed by atoms with Crippen molar-refractivity contribution in [2.75, 3.05) is 0 Å². The number of thiophene rings is 1.